The van der Waals surface area contributed by atoms with Gasteiger partial charge in [0.15, 0.2) is 0 Å². The Labute approximate surface area is 281 Å². The Morgan fingerprint density at radius 3 is 1.03 bits per heavy atom. The van der Waals surface area contributed by atoms with Crippen LogP contribution in [0.1, 0.15) is 68.2 Å². The Morgan fingerprint density at radius 1 is 0.649 bits per heavy atom. The molecule has 0 fully saturated rings. The SMILES string of the molecule is CC1=C(C)C(C)C(C2=C(C)C(C)=C(C)C2C)=C1C.[C-]1=CC=CC1.[C-]1=CC=CC1.[CH3-].[CH3-].[CH3-].[Cl-].[Cl-].[Cl][Zr+2][Cl].[Zr+2]. The van der Waals surface area contributed by atoms with E-state index < -0.39 is 20.8 Å². The van der Waals surface area contributed by atoms with Gasteiger partial charge in [-0.25, -0.2) is 24.3 Å². The summed E-state index contributed by atoms with van der Waals surface area (Å²) in [7, 11) is 9.87. The summed E-state index contributed by atoms with van der Waals surface area (Å²) >= 11 is -0.826. The zero-order chi connectivity index (χ0) is 23.6. The predicted molar refractivity (Wildman–Crippen MR) is 155 cm³/mol. The van der Waals surface area contributed by atoms with E-state index in [9.17, 15) is 0 Å². The number of halogens is 4. The second-order valence-corrected chi connectivity index (χ2v) is 11.9. The van der Waals surface area contributed by atoms with Crippen LogP contribution in [0.2, 0.25) is 0 Å². The Morgan fingerprint density at radius 2 is 0.919 bits per heavy atom. The van der Waals surface area contributed by atoms with Crippen molar-refractivity contribution in [1.82, 2.24) is 0 Å². The van der Waals surface area contributed by atoms with Crippen molar-refractivity contribution in [2.24, 2.45) is 11.8 Å². The molecule has 37 heavy (non-hydrogen) atoms. The van der Waals surface area contributed by atoms with Gasteiger partial charge in [-0.15, -0.1) is 12.8 Å². The molecule has 0 aliphatic heterocycles. The molecular formula is C31H45Cl4Zr2-3. The van der Waals surface area contributed by atoms with Crippen LogP contribution in [0.3, 0.4) is 0 Å². The topological polar surface area (TPSA) is 0 Å². The molecule has 208 valence electrons. The van der Waals surface area contributed by atoms with Gasteiger partial charge in [0.25, 0.3) is 0 Å². The van der Waals surface area contributed by atoms with E-state index in [2.05, 4.69) is 79.7 Å². The van der Waals surface area contributed by atoms with Crippen molar-refractivity contribution in [3.8, 4) is 0 Å². The van der Waals surface area contributed by atoms with Gasteiger partial charge in [0.1, 0.15) is 0 Å². The summed E-state index contributed by atoms with van der Waals surface area (Å²) in [5.41, 5.74) is 12.4. The largest absolute Gasteiger partial charge is 2.00 e. The Bertz CT molecular complexity index is 793. The van der Waals surface area contributed by atoms with E-state index in [1.54, 1.807) is 22.3 Å². The molecule has 0 saturated heterocycles. The van der Waals surface area contributed by atoms with E-state index in [0.29, 0.717) is 11.8 Å². The smallest absolute Gasteiger partial charge is 2.00 e. The third kappa shape index (κ3) is 14.9. The molecule has 0 amide bonds. The fourth-order valence-electron chi connectivity index (χ4n) is 4.28. The van der Waals surface area contributed by atoms with E-state index in [-0.39, 0.29) is 73.3 Å². The zero-order valence-corrected chi connectivity index (χ0v) is 32.5. The second kappa shape index (κ2) is 27.0. The van der Waals surface area contributed by atoms with Crippen molar-refractivity contribution in [2.45, 2.75) is 68.2 Å². The van der Waals surface area contributed by atoms with Gasteiger partial charge in [0.2, 0.25) is 0 Å². The van der Waals surface area contributed by atoms with Crippen LogP contribution in [0.5, 0.6) is 0 Å². The zero-order valence-electron chi connectivity index (χ0n) is 24.5. The maximum atomic E-state index is 4.93. The normalized spacial score (nSPS) is 19.3. The molecule has 2 unspecified atom stereocenters. The molecule has 0 aromatic rings. The van der Waals surface area contributed by atoms with Crippen LogP contribution in [-0.4, -0.2) is 0 Å². The molecule has 0 aromatic heterocycles. The molecule has 0 aromatic carbocycles. The molecular weight excluding hydrogens is 697 g/mol. The molecule has 4 aliphatic carbocycles. The van der Waals surface area contributed by atoms with Crippen molar-refractivity contribution >= 4 is 17.0 Å². The predicted octanol–water partition coefficient (Wildman–Crippen LogP) is 4.94. The summed E-state index contributed by atoms with van der Waals surface area (Å²) in [5.74, 6) is 1.19. The monoisotopic (exact) mass is 737 g/mol. The summed E-state index contributed by atoms with van der Waals surface area (Å²) in [5, 5.41) is 0. The van der Waals surface area contributed by atoms with Gasteiger partial charge >= 0.3 is 64.1 Å². The van der Waals surface area contributed by atoms with Gasteiger partial charge in [-0.1, -0.05) is 25.0 Å². The second-order valence-electron chi connectivity index (χ2n) is 8.21. The maximum Gasteiger partial charge on any atom is 2.00 e. The summed E-state index contributed by atoms with van der Waals surface area (Å²) in [6, 6.07) is 0. The molecule has 0 bridgehead atoms. The third-order valence-corrected chi connectivity index (χ3v) is 6.74. The van der Waals surface area contributed by atoms with Crippen LogP contribution in [0, 0.1) is 46.3 Å². The van der Waals surface area contributed by atoms with Gasteiger partial charge in [-0.3, -0.25) is 12.2 Å². The van der Waals surface area contributed by atoms with E-state index in [0.717, 1.165) is 12.8 Å². The molecule has 0 radical (unpaired) electrons. The molecule has 4 aliphatic rings. The van der Waals surface area contributed by atoms with Crippen molar-refractivity contribution in [1.29, 1.82) is 0 Å². The van der Waals surface area contributed by atoms with Gasteiger partial charge in [-0.2, -0.15) is 12.2 Å². The molecule has 0 N–H and O–H groups in total. The molecule has 2 atom stereocenters. The molecule has 0 saturated carbocycles. The molecule has 0 nitrogen and oxygen atoms in total. The first-order chi connectivity index (χ1) is 14.7. The minimum Gasteiger partial charge on any atom is 2.00 e. The van der Waals surface area contributed by atoms with Crippen LogP contribution in [0.4, 0.5) is 0 Å². The third-order valence-electron chi connectivity index (χ3n) is 6.74. The standard InChI is InChI=1S/C18H26.2C5H5.3CH3.4ClH.2Zr/c1-9-10(2)14(6)17(13(9)5)18-15(7)11(3)12(4)16(18)8;2*1-2-4-5-3-1;;;;;;;;;/h13,15H,1-8H3;2*1-3H,4H2;3*1H3;4*1H;;/q;5*-1;;;;;+2;+4/p-4. The van der Waals surface area contributed by atoms with Gasteiger partial charge < -0.3 is 47.1 Å². The quantitative estimate of drug-likeness (QED) is 0.335. The average molecular weight is 742 g/mol. The Hall–Kier alpha value is 0.846. The van der Waals surface area contributed by atoms with Crippen LogP contribution >= 0.6 is 17.0 Å². The van der Waals surface area contributed by atoms with Gasteiger partial charge in [-0.05, 0) is 75.0 Å². The van der Waals surface area contributed by atoms with Crippen molar-refractivity contribution < 1.29 is 71.9 Å². The first kappa shape index (κ1) is 50.7. The average Bonchev–Trinajstić information content (AvgIpc) is 3.56. The van der Waals surface area contributed by atoms with E-state index in [1.165, 1.54) is 22.3 Å². The fourth-order valence-corrected chi connectivity index (χ4v) is 4.28. The fraction of sp³-hybridized carbons (Fsp3) is 0.387. The van der Waals surface area contributed by atoms with Gasteiger partial charge in [0, 0.05) is 11.8 Å². The molecule has 6 heteroatoms. The number of allylic oxidation sites excluding steroid dienone is 16. The van der Waals surface area contributed by atoms with Gasteiger partial charge in [0.05, 0.1) is 0 Å². The maximum absolute atomic E-state index is 4.93. The number of hydrogen-bond acceptors (Lipinski definition) is 0. The minimum atomic E-state index is -0.826. The summed E-state index contributed by atoms with van der Waals surface area (Å²) in [4.78, 5) is 0. The van der Waals surface area contributed by atoms with Crippen molar-refractivity contribution in [3.63, 3.8) is 0 Å². The Kier molecular flexibility index (Phi) is 37.0. The Balaban J connectivity index is -0.000000106. The van der Waals surface area contributed by atoms with Crippen molar-refractivity contribution in [3.05, 3.63) is 115 Å². The molecule has 0 spiro atoms. The number of hydrogen-bond donors (Lipinski definition) is 0. The van der Waals surface area contributed by atoms with E-state index in [1.807, 2.05) is 24.3 Å². The van der Waals surface area contributed by atoms with Crippen LogP contribution in [-0.2, 0) is 47.1 Å². The van der Waals surface area contributed by atoms with E-state index >= 15 is 0 Å². The summed E-state index contributed by atoms with van der Waals surface area (Å²) in [6.07, 6.45) is 20.0. The van der Waals surface area contributed by atoms with Crippen molar-refractivity contribution in [2.75, 3.05) is 0 Å². The van der Waals surface area contributed by atoms with Crippen LogP contribution in [0.15, 0.2) is 81.0 Å². The summed E-state index contributed by atoms with van der Waals surface area (Å²) < 4.78 is 0. The summed E-state index contributed by atoms with van der Waals surface area (Å²) in [6.45, 7) is 18.5. The first-order valence-electron chi connectivity index (χ1n) is 10.9. The molecule has 0 heterocycles. The van der Waals surface area contributed by atoms with Crippen LogP contribution in [0.25, 0.3) is 0 Å². The van der Waals surface area contributed by atoms with Crippen LogP contribution < -0.4 is 24.8 Å². The van der Waals surface area contributed by atoms with E-state index in [4.69, 9.17) is 17.0 Å². The molecule has 4 rings (SSSR count). The first-order valence-corrected chi connectivity index (χ1v) is 17.2. The minimum absolute atomic E-state index is 0. The number of rotatable bonds is 1.